The Bertz CT molecular complexity index is 534. The Morgan fingerprint density at radius 1 is 1.53 bits per heavy atom. The Hall–Kier alpha value is -2.04. The van der Waals surface area contributed by atoms with Gasteiger partial charge in [0.1, 0.15) is 0 Å². The SMILES string of the molecule is CCCCOC(=O)c1ccc2[nH]c(N)nc2c1. The highest BCUT2D eigenvalue weighted by atomic mass is 16.5. The molecule has 0 radical (unpaired) electrons. The van der Waals surface area contributed by atoms with Crippen LogP contribution in [0.4, 0.5) is 5.95 Å². The molecule has 0 aliphatic rings. The van der Waals surface area contributed by atoms with Crippen LogP contribution in [-0.2, 0) is 4.74 Å². The topological polar surface area (TPSA) is 81.0 Å². The number of nitrogens with one attached hydrogen (secondary N) is 1. The number of hydrogen-bond donors (Lipinski definition) is 2. The number of ether oxygens (including phenoxy) is 1. The van der Waals surface area contributed by atoms with E-state index in [1.165, 1.54) is 0 Å². The number of aromatic nitrogens is 2. The summed E-state index contributed by atoms with van der Waals surface area (Å²) < 4.78 is 5.12. The number of benzene rings is 1. The number of aromatic amines is 1. The Balaban J connectivity index is 2.15. The Labute approximate surface area is 99.0 Å². The summed E-state index contributed by atoms with van der Waals surface area (Å²) in [6, 6.07) is 5.15. The minimum atomic E-state index is -0.318. The zero-order valence-corrected chi connectivity index (χ0v) is 9.69. The van der Waals surface area contributed by atoms with E-state index in [0.717, 1.165) is 18.4 Å². The molecule has 1 aromatic carbocycles. The molecule has 2 aromatic rings. The van der Waals surface area contributed by atoms with Crippen molar-refractivity contribution in [2.45, 2.75) is 19.8 Å². The van der Waals surface area contributed by atoms with Crippen LogP contribution in [0.5, 0.6) is 0 Å². The van der Waals surface area contributed by atoms with Gasteiger partial charge in [0, 0.05) is 0 Å². The van der Waals surface area contributed by atoms with E-state index in [4.69, 9.17) is 10.5 Å². The molecule has 0 amide bonds. The molecule has 0 bridgehead atoms. The first kappa shape index (κ1) is 11.4. The summed E-state index contributed by atoms with van der Waals surface area (Å²) in [4.78, 5) is 18.6. The predicted octanol–water partition coefficient (Wildman–Crippen LogP) is 2.10. The van der Waals surface area contributed by atoms with Crippen molar-refractivity contribution in [3.8, 4) is 0 Å². The molecule has 90 valence electrons. The van der Waals surface area contributed by atoms with Crippen LogP contribution in [0.25, 0.3) is 11.0 Å². The molecule has 2 rings (SSSR count). The van der Waals surface area contributed by atoms with Gasteiger partial charge in [-0.2, -0.15) is 0 Å². The molecule has 0 unspecified atom stereocenters. The maximum atomic E-state index is 11.7. The molecule has 0 aliphatic carbocycles. The predicted molar refractivity (Wildman–Crippen MR) is 65.7 cm³/mol. The van der Waals surface area contributed by atoms with Crippen LogP contribution in [0.15, 0.2) is 18.2 Å². The van der Waals surface area contributed by atoms with Gasteiger partial charge in [0.25, 0.3) is 0 Å². The lowest BCUT2D eigenvalue weighted by Gasteiger charge is -2.03. The van der Waals surface area contributed by atoms with Crippen molar-refractivity contribution in [2.75, 3.05) is 12.3 Å². The van der Waals surface area contributed by atoms with Gasteiger partial charge >= 0.3 is 5.97 Å². The number of carbonyl (C=O) groups excluding carboxylic acids is 1. The van der Waals surface area contributed by atoms with Crippen molar-refractivity contribution >= 4 is 23.0 Å². The summed E-state index contributed by atoms with van der Waals surface area (Å²) in [6.07, 6.45) is 1.88. The Morgan fingerprint density at radius 3 is 3.12 bits per heavy atom. The van der Waals surface area contributed by atoms with E-state index in [1.54, 1.807) is 18.2 Å². The van der Waals surface area contributed by atoms with E-state index in [9.17, 15) is 4.79 Å². The summed E-state index contributed by atoms with van der Waals surface area (Å²) in [7, 11) is 0. The third-order valence-electron chi connectivity index (χ3n) is 2.47. The van der Waals surface area contributed by atoms with Crippen LogP contribution in [0, 0.1) is 0 Å². The number of esters is 1. The summed E-state index contributed by atoms with van der Waals surface area (Å²) in [5, 5.41) is 0. The highest BCUT2D eigenvalue weighted by Crippen LogP contribution is 2.15. The van der Waals surface area contributed by atoms with Crippen molar-refractivity contribution in [3.63, 3.8) is 0 Å². The van der Waals surface area contributed by atoms with Gasteiger partial charge in [-0.25, -0.2) is 9.78 Å². The minimum absolute atomic E-state index is 0.318. The van der Waals surface area contributed by atoms with Crippen molar-refractivity contribution in [3.05, 3.63) is 23.8 Å². The van der Waals surface area contributed by atoms with Gasteiger partial charge < -0.3 is 15.5 Å². The molecule has 0 spiro atoms. The molecule has 0 saturated carbocycles. The lowest BCUT2D eigenvalue weighted by Crippen LogP contribution is -2.06. The van der Waals surface area contributed by atoms with Gasteiger partial charge in [-0.15, -0.1) is 0 Å². The van der Waals surface area contributed by atoms with Gasteiger partial charge in [0.2, 0.25) is 0 Å². The lowest BCUT2D eigenvalue weighted by molar-refractivity contribution is 0.0500. The second-order valence-electron chi connectivity index (χ2n) is 3.84. The number of hydrogen-bond acceptors (Lipinski definition) is 4. The van der Waals surface area contributed by atoms with E-state index in [1.807, 2.05) is 6.92 Å². The number of nitrogen functional groups attached to an aromatic ring is 1. The average molecular weight is 233 g/mol. The van der Waals surface area contributed by atoms with E-state index in [2.05, 4.69) is 9.97 Å². The molecule has 1 heterocycles. The maximum Gasteiger partial charge on any atom is 0.338 e. The first-order valence-electron chi connectivity index (χ1n) is 5.63. The molecular weight excluding hydrogens is 218 g/mol. The van der Waals surface area contributed by atoms with E-state index < -0.39 is 0 Å². The van der Waals surface area contributed by atoms with Gasteiger partial charge in [-0.3, -0.25) is 0 Å². The number of unbranched alkanes of at least 4 members (excludes halogenated alkanes) is 1. The van der Waals surface area contributed by atoms with E-state index >= 15 is 0 Å². The van der Waals surface area contributed by atoms with Crippen LogP contribution in [0.1, 0.15) is 30.1 Å². The number of nitrogens with zero attached hydrogens (tertiary/aromatic N) is 1. The average Bonchev–Trinajstić information content (AvgIpc) is 2.68. The van der Waals surface area contributed by atoms with Crippen molar-refractivity contribution in [1.29, 1.82) is 0 Å². The molecule has 0 saturated heterocycles. The standard InChI is InChI=1S/C12H15N3O2/c1-2-3-6-17-11(16)8-4-5-9-10(7-8)15-12(13)14-9/h4-5,7H,2-3,6H2,1H3,(H3,13,14,15). The quantitative estimate of drug-likeness (QED) is 0.626. The van der Waals surface area contributed by atoms with Crippen molar-refractivity contribution in [1.82, 2.24) is 9.97 Å². The molecular formula is C12H15N3O2. The monoisotopic (exact) mass is 233 g/mol. The molecule has 17 heavy (non-hydrogen) atoms. The number of imidazole rings is 1. The fourth-order valence-corrected chi connectivity index (χ4v) is 1.55. The summed E-state index contributed by atoms with van der Waals surface area (Å²) in [6.45, 7) is 2.50. The zero-order chi connectivity index (χ0) is 12.3. The normalized spacial score (nSPS) is 10.6. The first-order chi connectivity index (χ1) is 8.20. The molecule has 1 aromatic heterocycles. The van der Waals surface area contributed by atoms with Gasteiger partial charge in [0.15, 0.2) is 5.95 Å². The zero-order valence-electron chi connectivity index (χ0n) is 9.69. The fraction of sp³-hybridized carbons (Fsp3) is 0.333. The maximum absolute atomic E-state index is 11.7. The molecule has 5 nitrogen and oxygen atoms in total. The van der Waals surface area contributed by atoms with Crippen molar-refractivity contribution in [2.24, 2.45) is 0 Å². The van der Waals surface area contributed by atoms with Crippen LogP contribution in [-0.4, -0.2) is 22.5 Å². The minimum Gasteiger partial charge on any atom is -0.462 e. The number of fused-ring (bicyclic) bond motifs is 1. The highest BCUT2D eigenvalue weighted by molar-refractivity contribution is 5.93. The Kier molecular flexibility index (Phi) is 3.27. The number of rotatable bonds is 4. The van der Waals surface area contributed by atoms with E-state index in [0.29, 0.717) is 23.6 Å². The summed E-state index contributed by atoms with van der Waals surface area (Å²) in [5.41, 5.74) is 7.52. The summed E-state index contributed by atoms with van der Waals surface area (Å²) >= 11 is 0. The van der Waals surface area contributed by atoms with Crippen molar-refractivity contribution < 1.29 is 9.53 Å². The van der Waals surface area contributed by atoms with Crippen LogP contribution < -0.4 is 5.73 Å². The fourth-order valence-electron chi connectivity index (χ4n) is 1.55. The second-order valence-corrected chi connectivity index (χ2v) is 3.84. The molecule has 0 fully saturated rings. The third-order valence-corrected chi connectivity index (χ3v) is 2.47. The molecule has 0 atom stereocenters. The Morgan fingerprint density at radius 2 is 2.35 bits per heavy atom. The molecule has 0 aliphatic heterocycles. The summed E-state index contributed by atoms with van der Waals surface area (Å²) in [5.74, 6) is 0.0263. The van der Waals surface area contributed by atoms with Gasteiger partial charge in [-0.05, 0) is 24.6 Å². The molecule has 5 heteroatoms. The smallest absolute Gasteiger partial charge is 0.338 e. The van der Waals surface area contributed by atoms with Gasteiger partial charge in [-0.1, -0.05) is 13.3 Å². The van der Waals surface area contributed by atoms with E-state index in [-0.39, 0.29) is 5.97 Å². The third kappa shape index (κ3) is 2.55. The van der Waals surface area contributed by atoms with Crippen LogP contribution >= 0.6 is 0 Å². The lowest BCUT2D eigenvalue weighted by atomic mass is 10.2. The van der Waals surface area contributed by atoms with Gasteiger partial charge in [0.05, 0.1) is 23.2 Å². The largest absolute Gasteiger partial charge is 0.462 e. The number of H-pyrrole nitrogens is 1. The second kappa shape index (κ2) is 4.86. The number of nitrogens with two attached hydrogens (primary N) is 1. The first-order valence-corrected chi connectivity index (χ1v) is 5.63. The van der Waals surface area contributed by atoms with Crippen LogP contribution in [0.3, 0.4) is 0 Å². The number of carbonyl (C=O) groups is 1. The highest BCUT2D eigenvalue weighted by Gasteiger charge is 2.09. The van der Waals surface area contributed by atoms with Crippen LogP contribution in [0.2, 0.25) is 0 Å². The molecule has 3 N–H and O–H groups in total. The number of anilines is 1.